The first-order valence-corrected chi connectivity index (χ1v) is 5.63. The van der Waals surface area contributed by atoms with E-state index >= 15 is 0 Å². The van der Waals surface area contributed by atoms with Crippen molar-refractivity contribution in [1.82, 2.24) is 0 Å². The zero-order chi connectivity index (χ0) is 10.6. The van der Waals surface area contributed by atoms with Crippen molar-refractivity contribution in [3.63, 3.8) is 0 Å². The van der Waals surface area contributed by atoms with Crippen LogP contribution < -0.4 is 0 Å². The zero-order valence-electron chi connectivity index (χ0n) is 9.64. The lowest BCUT2D eigenvalue weighted by Gasteiger charge is -2.17. The largest absolute Gasteiger partial charge is 0.465 e. The maximum absolute atomic E-state index is 11.4. The van der Waals surface area contributed by atoms with Gasteiger partial charge in [0.05, 0.1) is 13.0 Å². The maximum atomic E-state index is 11.4. The molecule has 0 aromatic carbocycles. The molecule has 1 rings (SSSR count). The van der Waals surface area contributed by atoms with Crippen molar-refractivity contribution >= 4 is 5.97 Å². The van der Waals surface area contributed by atoms with Crippen molar-refractivity contribution in [2.24, 2.45) is 11.3 Å². The molecule has 0 spiro atoms. The third kappa shape index (κ3) is 4.64. The predicted octanol–water partition coefficient (Wildman–Crippen LogP) is 3.16. The molecule has 0 aliphatic heterocycles. The quantitative estimate of drug-likeness (QED) is 0.651. The van der Waals surface area contributed by atoms with E-state index in [9.17, 15) is 4.79 Å². The van der Waals surface area contributed by atoms with Gasteiger partial charge in [-0.05, 0) is 24.2 Å². The fourth-order valence-corrected chi connectivity index (χ4v) is 1.87. The van der Waals surface area contributed by atoms with Crippen LogP contribution in [-0.4, -0.2) is 12.6 Å². The Morgan fingerprint density at radius 2 is 1.86 bits per heavy atom. The van der Waals surface area contributed by atoms with Crippen LogP contribution in [0.15, 0.2) is 0 Å². The Morgan fingerprint density at radius 1 is 1.29 bits per heavy atom. The maximum Gasteiger partial charge on any atom is 0.306 e. The van der Waals surface area contributed by atoms with Crippen LogP contribution in [-0.2, 0) is 9.53 Å². The summed E-state index contributed by atoms with van der Waals surface area (Å²) in [6, 6.07) is 0. The minimum atomic E-state index is -0.0376. The minimum Gasteiger partial charge on any atom is -0.465 e. The number of hydrogen-bond acceptors (Lipinski definition) is 2. The van der Waals surface area contributed by atoms with E-state index in [1.54, 1.807) is 0 Å². The Balaban J connectivity index is 2.14. The SMILES string of the molecule is CC(C)(C)CC(=O)OCC1CCCC1. The van der Waals surface area contributed by atoms with Crippen LogP contribution in [0.5, 0.6) is 0 Å². The van der Waals surface area contributed by atoms with Gasteiger partial charge >= 0.3 is 5.97 Å². The summed E-state index contributed by atoms with van der Waals surface area (Å²) in [4.78, 5) is 11.4. The molecule has 0 aromatic heterocycles. The molecule has 0 bridgehead atoms. The highest BCUT2D eigenvalue weighted by Crippen LogP contribution is 2.25. The van der Waals surface area contributed by atoms with Crippen molar-refractivity contribution in [1.29, 1.82) is 0 Å². The van der Waals surface area contributed by atoms with Crippen molar-refractivity contribution in [3.8, 4) is 0 Å². The summed E-state index contributed by atoms with van der Waals surface area (Å²) in [6.45, 7) is 6.83. The molecular formula is C12H22O2. The second kappa shape index (κ2) is 4.81. The molecule has 0 N–H and O–H groups in total. The fraction of sp³-hybridized carbons (Fsp3) is 0.917. The summed E-state index contributed by atoms with van der Waals surface area (Å²) in [7, 11) is 0. The van der Waals surface area contributed by atoms with Crippen LogP contribution in [0.25, 0.3) is 0 Å². The zero-order valence-corrected chi connectivity index (χ0v) is 9.64. The number of esters is 1. The molecule has 1 aliphatic rings. The number of ether oxygens (including phenoxy) is 1. The van der Waals surface area contributed by atoms with E-state index < -0.39 is 0 Å². The molecule has 1 saturated carbocycles. The van der Waals surface area contributed by atoms with Gasteiger partial charge in [-0.3, -0.25) is 4.79 Å². The van der Waals surface area contributed by atoms with Crippen molar-refractivity contribution in [2.45, 2.75) is 52.9 Å². The van der Waals surface area contributed by atoms with E-state index in [1.807, 2.05) is 0 Å². The van der Waals surface area contributed by atoms with Gasteiger partial charge in [-0.25, -0.2) is 0 Å². The summed E-state index contributed by atoms with van der Waals surface area (Å²) >= 11 is 0. The van der Waals surface area contributed by atoms with Crippen LogP contribution in [0, 0.1) is 11.3 Å². The summed E-state index contributed by atoms with van der Waals surface area (Å²) in [5.74, 6) is 0.600. The van der Waals surface area contributed by atoms with Gasteiger partial charge in [-0.15, -0.1) is 0 Å². The van der Waals surface area contributed by atoms with E-state index in [4.69, 9.17) is 4.74 Å². The number of carbonyl (C=O) groups is 1. The summed E-state index contributed by atoms with van der Waals surface area (Å²) in [5.41, 5.74) is 0.0484. The number of hydrogen-bond donors (Lipinski definition) is 0. The van der Waals surface area contributed by atoms with Crippen LogP contribution in [0.4, 0.5) is 0 Å². The van der Waals surface area contributed by atoms with Crippen LogP contribution in [0.1, 0.15) is 52.9 Å². The topological polar surface area (TPSA) is 26.3 Å². The lowest BCUT2D eigenvalue weighted by atomic mass is 9.92. The molecular weight excluding hydrogens is 176 g/mol. The van der Waals surface area contributed by atoms with Gasteiger partial charge in [0.25, 0.3) is 0 Å². The molecule has 0 radical (unpaired) electrons. The first-order chi connectivity index (χ1) is 6.47. The molecule has 0 atom stereocenters. The van der Waals surface area contributed by atoms with Crippen LogP contribution >= 0.6 is 0 Å². The van der Waals surface area contributed by atoms with Gasteiger partial charge in [0, 0.05) is 0 Å². The Bertz CT molecular complexity index is 185. The first kappa shape index (κ1) is 11.5. The highest BCUT2D eigenvalue weighted by Gasteiger charge is 2.20. The van der Waals surface area contributed by atoms with Gasteiger partial charge < -0.3 is 4.74 Å². The van der Waals surface area contributed by atoms with Gasteiger partial charge in [-0.2, -0.15) is 0 Å². The highest BCUT2D eigenvalue weighted by molar-refractivity contribution is 5.70. The molecule has 0 saturated heterocycles. The minimum absolute atomic E-state index is 0.0376. The predicted molar refractivity (Wildman–Crippen MR) is 57.0 cm³/mol. The van der Waals surface area contributed by atoms with Gasteiger partial charge in [0.1, 0.15) is 0 Å². The Labute approximate surface area is 87.0 Å². The molecule has 1 aliphatic carbocycles. The van der Waals surface area contributed by atoms with Crippen LogP contribution in [0.2, 0.25) is 0 Å². The molecule has 1 fully saturated rings. The van der Waals surface area contributed by atoms with E-state index in [2.05, 4.69) is 20.8 Å². The fourth-order valence-electron chi connectivity index (χ4n) is 1.87. The summed E-state index contributed by atoms with van der Waals surface area (Å²) in [6.07, 6.45) is 5.62. The van der Waals surface area contributed by atoms with Gasteiger partial charge in [0.15, 0.2) is 0 Å². The molecule has 82 valence electrons. The van der Waals surface area contributed by atoms with Crippen molar-refractivity contribution < 1.29 is 9.53 Å². The number of carbonyl (C=O) groups excluding carboxylic acids is 1. The molecule has 0 heterocycles. The monoisotopic (exact) mass is 198 g/mol. The van der Waals surface area contributed by atoms with Crippen molar-refractivity contribution in [3.05, 3.63) is 0 Å². The first-order valence-electron chi connectivity index (χ1n) is 5.63. The summed E-state index contributed by atoms with van der Waals surface area (Å²) < 4.78 is 5.26. The second-order valence-electron chi connectivity index (χ2n) is 5.57. The normalized spacial score (nSPS) is 18.5. The van der Waals surface area contributed by atoms with Crippen LogP contribution in [0.3, 0.4) is 0 Å². The molecule has 2 nitrogen and oxygen atoms in total. The third-order valence-corrected chi connectivity index (χ3v) is 2.63. The Hall–Kier alpha value is -0.530. The Morgan fingerprint density at radius 3 is 2.36 bits per heavy atom. The standard InChI is InChI=1S/C12H22O2/c1-12(2,3)8-11(13)14-9-10-6-4-5-7-10/h10H,4-9H2,1-3H3. The Kier molecular flexibility index (Phi) is 3.97. The number of rotatable bonds is 3. The van der Waals surface area contributed by atoms with E-state index in [0.717, 1.165) is 0 Å². The smallest absolute Gasteiger partial charge is 0.306 e. The summed E-state index contributed by atoms with van der Waals surface area (Å²) in [5, 5.41) is 0. The van der Waals surface area contributed by atoms with E-state index in [0.29, 0.717) is 18.9 Å². The molecule has 0 unspecified atom stereocenters. The average Bonchev–Trinajstić information content (AvgIpc) is 2.49. The van der Waals surface area contributed by atoms with E-state index in [-0.39, 0.29) is 11.4 Å². The second-order valence-corrected chi connectivity index (χ2v) is 5.57. The third-order valence-electron chi connectivity index (χ3n) is 2.63. The van der Waals surface area contributed by atoms with Crippen molar-refractivity contribution in [2.75, 3.05) is 6.61 Å². The molecule has 14 heavy (non-hydrogen) atoms. The molecule has 2 heteroatoms. The average molecular weight is 198 g/mol. The molecule has 0 amide bonds. The molecule has 0 aromatic rings. The lowest BCUT2D eigenvalue weighted by Crippen LogP contribution is -2.18. The van der Waals surface area contributed by atoms with Gasteiger partial charge in [0.2, 0.25) is 0 Å². The lowest BCUT2D eigenvalue weighted by molar-refractivity contribution is -0.147. The van der Waals surface area contributed by atoms with E-state index in [1.165, 1.54) is 25.7 Å². The highest BCUT2D eigenvalue weighted by atomic mass is 16.5. The van der Waals surface area contributed by atoms with Gasteiger partial charge in [-0.1, -0.05) is 33.6 Å².